The molecule has 164 valence electrons. The van der Waals surface area contributed by atoms with E-state index in [-0.39, 0.29) is 0 Å². The Labute approximate surface area is 179 Å². The van der Waals surface area contributed by atoms with Crippen LogP contribution in [0.25, 0.3) is 0 Å². The minimum atomic E-state index is -2.33. The minimum absolute atomic E-state index is 0.596. The Morgan fingerprint density at radius 2 is 1.44 bits per heavy atom. The zero-order valence-electron chi connectivity index (χ0n) is 18.6. The van der Waals surface area contributed by atoms with Crippen LogP contribution < -0.4 is 5.48 Å². The highest BCUT2D eigenvalue weighted by Gasteiger charge is 2.24. The van der Waals surface area contributed by atoms with Gasteiger partial charge in [-0.3, -0.25) is 0 Å². The van der Waals surface area contributed by atoms with Gasteiger partial charge in [-0.25, -0.2) is 4.62 Å². The molecule has 0 amide bonds. The van der Waals surface area contributed by atoms with E-state index in [0.29, 0.717) is 11.8 Å². The SMILES string of the molecule is CCCCCNOP(=S)(OCC(CC)CCCC)SCC(CC)CCCC. The molecule has 0 aromatic heterocycles. The fraction of sp³-hybridized carbons (Fsp3) is 1.00. The first-order chi connectivity index (χ1) is 13.0. The Hall–Kier alpha value is 0.880. The molecule has 6 heteroatoms. The molecular weight excluding hydrogens is 393 g/mol. The van der Waals surface area contributed by atoms with Gasteiger partial charge in [0.1, 0.15) is 0 Å². The van der Waals surface area contributed by atoms with Crippen molar-refractivity contribution in [3.8, 4) is 0 Å². The summed E-state index contributed by atoms with van der Waals surface area (Å²) in [4.78, 5) is 0. The minimum Gasteiger partial charge on any atom is -0.320 e. The molecule has 0 heterocycles. The fourth-order valence-electron chi connectivity index (χ4n) is 2.85. The second-order valence-corrected chi connectivity index (χ2v) is 13.8. The molecule has 27 heavy (non-hydrogen) atoms. The van der Waals surface area contributed by atoms with Crippen LogP contribution in [-0.2, 0) is 21.0 Å². The standard InChI is InChI=1S/C21H46NO2PS2/c1-6-11-14-17-22-24-25(26,23-18-20(9-4)15-12-7-2)27-19-21(10-5)16-13-8-3/h20-22H,6-19H2,1-5H3. The van der Waals surface area contributed by atoms with Crippen LogP contribution >= 0.6 is 17.1 Å². The Morgan fingerprint density at radius 1 is 0.852 bits per heavy atom. The summed E-state index contributed by atoms with van der Waals surface area (Å²) in [5, 5.41) is 0. The molecule has 0 saturated carbocycles. The van der Waals surface area contributed by atoms with Crippen LogP contribution in [0.1, 0.15) is 105 Å². The highest BCUT2D eigenvalue weighted by atomic mass is 32.9. The first kappa shape index (κ1) is 27.9. The molecule has 3 atom stereocenters. The number of unbranched alkanes of at least 4 members (excludes halogenated alkanes) is 4. The number of hydrogen-bond donors (Lipinski definition) is 1. The van der Waals surface area contributed by atoms with Crippen LogP contribution in [0.15, 0.2) is 0 Å². The third-order valence-corrected chi connectivity index (χ3v) is 10.3. The van der Waals surface area contributed by atoms with Crippen LogP contribution in [0.2, 0.25) is 0 Å². The van der Waals surface area contributed by atoms with Crippen molar-refractivity contribution >= 4 is 28.9 Å². The average molecular weight is 440 g/mol. The summed E-state index contributed by atoms with van der Waals surface area (Å²) >= 11 is 7.67. The maximum atomic E-state index is 6.29. The van der Waals surface area contributed by atoms with E-state index in [4.69, 9.17) is 21.0 Å². The highest BCUT2D eigenvalue weighted by molar-refractivity contribution is 8.67. The summed E-state index contributed by atoms with van der Waals surface area (Å²) in [6.45, 7) is 12.9. The van der Waals surface area contributed by atoms with Crippen molar-refractivity contribution in [3.05, 3.63) is 0 Å². The second-order valence-electron chi connectivity index (χ2n) is 7.56. The molecule has 0 fully saturated rings. The first-order valence-corrected chi connectivity index (χ1v) is 15.6. The summed E-state index contributed by atoms with van der Waals surface area (Å²) in [5.41, 5.74) is 0.803. The van der Waals surface area contributed by atoms with Crippen LogP contribution in [-0.4, -0.2) is 18.9 Å². The van der Waals surface area contributed by atoms with Gasteiger partial charge >= 0.3 is 0 Å². The third kappa shape index (κ3) is 15.4. The summed E-state index contributed by atoms with van der Waals surface area (Å²) < 4.78 is 12.3. The molecular formula is C21H46NO2PS2. The van der Waals surface area contributed by atoms with Gasteiger partial charge in [0.2, 0.25) is 0 Å². The number of hydroxylamine groups is 1. The predicted molar refractivity (Wildman–Crippen MR) is 128 cm³/mol. The number of hydrogen-bond acceptors (Lipinski definition) is 5. The van der Waals surface area contributed by atoms with Crippen LogP contribution in [0.4, 0.5) is 0 Å². The Morgan fingerprint density at radius 3 is 2.00 bits per heavy atom. The normalized spacial score (nSPS) is 16.2. The largest absolute Gasteiger partial charge is 0.320 e. The molecule has 0 saturated heterocycles. The molecule has 1 N–H and O–H groups in total. The average Bonchev–Trinajstić information content (AvgIpc) is 2.68. The molecule has 0 aliphatic heterocycles. The monoisotopic (exact) mass is 439 g/mol. The molecule has 0 aliphatic rings. The molecule has 0 spiro atoms. The molecule has 0 aromatic rings. The van der Waals surface area contributed by atoms with E-state index >= 15 is 0 Å². The molecule has 3 nitrogen and oxygen atoms in total. The fourth-order valence-corrected chi connectivity index (χ4v) is 7.26. The van der Waals surface area contributed by atoms with Crippen molar-refractivity contribution in [3.63, 3.8) is 0 Å². The lowest BCUT2D eigenvalue weighted by Gasteiger charge is -2.25. The quantitative estimate of drug-likeness (QED) is 0.118. The van der Waals surface area contributed by atoms with Gasteiger partial charge in [-0.1, -0.05) is 97.4 Å². The Balaban J connectivity index is 4.63. The van der Waals surface area contributed by atoms with Gasteiger partial charge in [-0.05, 0) is 42.9 Å². The molecule has 0 aromatic carbocycles. The summed E-state index contributed by atoms with van der Waals surface area (Å²) in [6, 6.07) is 0. The van der Waals surface area contributed by atoms with E-state index in [1.54, 1.807) is 11.4 Å². The van der Waals surface area contributed by atoms with Crippen molar-refractivity contribution in [1.82, 2.24) is 5.48 Å². The number of rotatable bonds is 20. The van der Waals surface area contributed by atoms with Gasteiger partial charge in [0.25, 0.3) is 5.69 Å². The summed E-state index contributed by atoms with van der Waals surface area (Å²) in [5.74, 6) is 2.36. The lowest BCUT2D eigenvalue weighted by Crippen LogP contribution is -2.16. The lowest BCUT2D eigenvalue weighted by atomic mass is 10.0. The van der Waals surface area contributed by atoms with Crippen LogP contribution in [0.5, 0.6) is 0 Å². The van der Waals surface area contributed by atoms with Crippen LogP contribution in [0.3, 0.4) is 0 Å². The molecule has 0 bridgehead atoms. The van der Waals surface area contributed by atoms with Crippen molar-refractivity contribution in [2.24, 2.45) is 11.8 Å². The van der Waals surface area contributed by atoms with E-state index in [1.165, 1.54) is 57.8 Å². The second kappa shape index (κ2) is 18.9. The van der Waals surface area contributed by atoms with E-state index in [9.17, 15) is 0 Å². The van der Waals surface area contributed by atoms with E-state index in [0.717, 1.165) is 31.7 Å². The topological polar surface area (TPSA) is 30.5 Å². The van der Waals surface area contributed by atoms with E-state index in [2.05, 4.69) is 40.1 Å². The van der Waals surface area contributed by atoms with E-state index in [1.807, 2.05) is 0 Å². The Kier molecular flexibility index (Phi) is 19.5. The van der Waals surface area contributed by atoms with Crippen LogP contribution in [0, 0.1) is 11.8 Å². The van der Waals surface area contributed by atoms with Crippen molar-refractivity contribution in [2.45, 2.75) is 105 Å². The van der Waals surface area contributed by atoms with Crippen molar-refractivity contribution < 1.29 is 9.15 Å². The van der Waals surface area contributed by atoms with Gasteiger partial charge in [-0.15, -0.1) is 0 Å². The van der Waals surface area contributed by atoms with E-state index < -0.39 is 5.69 Å². The zero-order valence-corrected chi connectivity index (χ0v) is 21.2. The van der Waals surface area contributed by atoms with Gasteiger partial charge < -0.3 is 4.52 Å². The highest BCUT2D eigenvalue weighted by Crippen LogP contribution is 2.61. The van der Waals surface area contributed by atoms with Gasteiger partial charge in [0.15, 0.2) is 0 Å². The molecule has 3 unspecified atom stereocenters. The smallest absolute Gasteiger partial charge is 0.264 e. The van der Waals surface area contributed by atoms with Crippen molar-refractivity contribution in [2.75, 3.05) is 18.9 Å². The maximum Gasteiger partial charge on any atom is 0.264 e. The molecule has 0 rings (SSSR count). The van der Waals surface area contributed by atoms with Crippen molar-refractivity contribution in [1.29, 1.82) is 0 Å². The Bertz CT molecular complexity index is 348. The molecule has 0 aliphatic carbocycles. The predicted octanol–water partition coefficient (Wildman–Crippen LogP) is 8.10. The van der Waals surface area contributed by atoms with Gasteiger partial charge in [-0.2, -0.15) is 5.48 Å². The zero-order chi connectivity index (χ0) is 20.4. The van der Waals surface area contributed by atoms with Gasteiger partial charge in [0.05, 0.1) is 6.61 Å². The third-order valence-electron chi connectivity index (χ3n) is 5.08. The summed E-state index contributed by atoms with van der Waals surface area (Å²) in [6.07, 6.45) is 13.5. The van der Waals surface area contributed by atoms with Gasteiger partial charge in [0, 0.05) is 12.3 Å². The summed E-state index contributed by atoms with van der Waals surface area (Å²) in [7, 11) is 0. The first-order valence-electron chi connectivity index (χ1n) is 11.4. The lowest BCUT2D eigenvalue weighted by molar-refractivity contribution is 0.161. The number of nitrogens with one attached hydrogen (secondary N) is 1. The maximum absolute atomic E-state index is 6.29. The molecule has 0 radical (unpaired) electrons.